The summed E-state index contributed by atoms with van der Waals surface area (Å²) in [6, 6.07) is 0. The smallest absolute Gasteiger partial charge is 0.0915 e. The molecule has 64 valence electrons. The molecule has 0 aromatic rings. The van der Waals surface area contributed by atoms with E-state index in [4.69, 9.17) is 4.74 Å². The molecule has 0 N–H and O–H groups in total. The molecule has 1 aliphatic rings. The maximum atomic E-state index is 5.24. The van der Waals surface area contributed by atoms with Crippen molar-refractivity contribution in [2.24, 2.45) is 0 Å². The van der Waals surface area contributed by atoms with E-state index in [1.807, 2.05) is 0 Å². The average molecular weight is 154 g/mol. The van der Waals surface area contributed by atoms with Crippen LogP contribution in [0.15, 0.2) is 11.8 Å². The molecule has 1 aliphatic carbocycles. The van der Waals surface area contributed by atoms with Crippen LogP contribution >= 0.6 is 0 Å². The second-order valence-corrected chi connectivity index (χ2v) is 3.18. The number of methoxy groups -OCH3 is 1. The summed E-state index contributed by atoms with van der Waals surface area (Å²) in [5.74, 6) is 1.20. The monoisotopic (exact) mass is 154 g/mol. The Morgan fingerprint density at radius 3 is 2.64 bits per heavy atom. The highest BCUT2D eigenvalue weighted by atomic mass is 16.5. The molecule has 0 fully saturated rings. The number of hydrogen-bond acceptors (Lipinski definition) is 1. The van der Waals surface area contributed by atoms with Crippen LogP contribution in [0.4, 0.5) is 0 Å². The van der Waals surface area contributed by atoms with E-state index in [1.165, 1.54) is 44.3 Å². The average Bonchev–Trinajstić information content (AvgIpc) is 2.16. The highest BCUT2D eigenvalue weighted by Crippen LogP contribution is 2.16. The van der Waals surface area contributed by atoms with Crippen molar-refractivity contribution in [3.63, 3.8) is 0 Å². The first-order valence-corrected chi connectivity index (χ1v) is 4.66. The van der Waals surface area contributed by atoms with Crippen LogP contribution in [0.25, 0.3) is 0 Å². The zero-order valence-electron chi connectivity index (χ0n) is 7.44. The largest absolute Gasteiger partial charge is 0.501 e. The lowest BCUT2D eigenvalue weighted by Gasteiger charge is -2.03. The standard InChI is InChI=1S/C10H18O/c1-11-10-8-6-4-2-3-5-7-9-10/h8H,2-7,9H2,1H3/b10-8+. The van der Waals surface area contributed by atoms with Crippen molar-refractivity contribution in [1.82, 2.24) is 0 Å². The molecule has 0 bridgehead atoms. The van der Waals surface area contributed by atoms with Crippen LogP contribution in [0, 0.1) is 0 Å². The molecule has 1 nitrogen and oxygen atoms in total. The van der Waals surface area contributed by atoms with Gasteiger partial charge in [0.05, 0.1) is 12.9 Å². The Labute approximate surface area is 69.4 Å². The van der Waals surface area contributed by atoms with Crippen LogP contribution in [0.2, 0.25) is 0 Å². The van der Waals surface area contributed by atoms with E-state index in [-0.39, 0.29) is 0 Å². The lowest BCUT2D eigenvalue weighted by molar-refractivity contribution is 0.273. The fourth-order valence-electron chi connectivity index (χ4n) is 1.52. The first-order chi connectivity index (χ1) is 5.43. The van der Waals surface area contributed by atoms with Gasteiger partial charge in [0.15, 0.2) is 0 Å². The summed E-state index contributed by atoms with van der Waals surface area (Å²) in [7, 11) is 1.78. The quantitative estimate of drug-likeness (QED) is 0.563. The number of hydrogen-bond donors (Lipinski definition) is 0. The summed E-state index contributed by atoms with van der Waals surface area (Å²) in [4.78, 5) is 0. The molecule has 0 radical (unpaired) electrons. The van der Waals surface area contributed by atoms with E-state index in [1.54, 1.807) is 7.11 Å². The van der Waals surface area contributed by atoms with Gasteiger partial charge in [-0.25, -0.2) is 0 Å². The van der Waals surface area contributed by atoms with Crippen molar-refractivity contribution in [3.8, 4) is 0 Å². The van der Waals surface area contributed by atoms with Gasteiger partial charge < -0.3 is 4.74 Å². The predicted octanol–water partition coefficient (Wildman–Crippen LogP) is 3.26. The molecule has 1 rings (SSSR count). The van der Waals surface area contributed by atoms with E-state index in [2.05, 4.69) is 6.08 Å². The molecule has 0 aromatic carbocycles. The Hall–Kier alpha value is -0.460. The molecule has 0 unspecified atom stereocenters. The van der Waals surface area contributed by atoms with Gasteiger partial charge in [0.25, 0.3) is 0 Å². The lowest BCUT2D eigenvalue weighted by atomic mass is 10.1. The van der Waals surface area contributed by atoms with Gasteiger partial charge in [0.2, 0.25) is 0 Å². The van der Waals surface area contributed by atoms with Gasteiger partial charge in [-0.15, -0.1) is 0 Å². The van der Waals surface area contributed by atoms with Crippen molar-refractivity contribution in [2.45, 2.75) is 44.9 Å². The summed E-state index contributed by atoms with van der Waals surface area (Å²) < 4.78 is 5.24. The fraction of sp³-hybridized carbons (Fsp3) is 0.800. The highest BCUT2D eigenvalue weighted by molar-refractivity contribution is 4.93. The minimum absolute atomic E-state index is 1.15. The number of ether oxygens (including phenoxy) is 1. The second-order valence-electron chi connectivity index (χ2n) is 3.18. The molecule has 0 aliphatic heterocycles. The van der Waals surface area contributed by atoms with Crippen LogP contribution in [0.1, 0.15) is 44.9 Å². The molecule has 11 heavy (non-hydrogen) atoms. The maximum Gasteiger partial charge on any atom is 0.0915 e. The first-order valence-electron chi connectivity index (χ1n) is 4.66. The van der Waals surface area contributed by atoms with Gasteiger partial charge >= 0.3 is 0 Å². The maximum absolute atomic E-state index is 5.24. The van der Waals surface area contributed by atoms with Crippen LogP contribution in [0.3, 0.4) is 0 Å². The minimum atomic E-state index is 1.15. The fourth-order valence-corrected chi connectivity index (χ4v) is 1.52. The van der Waals surface area contributed by atoms with E-state index in [0.29, 0.717) is 0 Å². The molecule has 0 amide bonds. The highest BCUT2D eigenvalue weighted by Gasteiger charge is 1.99. The molecule has 0 atom stereocenters. The van der Waals surface area contributed by atoms with Crippen LogP contribution < -0.4 is 0 Å². The van der Waals surface area contributed by atoms with Crippen molar-refractivity contribution in [3.05, 3.63) is 11.8 Å². The third-order valence-electron chi connectivity index (χ3n) is 2.26. The van der Waals surface area contributed by atoms with E-state index < -0.39 is 0 Å². The molecule has 0 saturated carbocycles. The summed E-state index contributed by atoms with van der Waals surface area (Å²) in [6.45, 7) is 0. The molecule has 0 spiro atoms. The Bertz CT molecular complexity index is 127. The van der Waals surface area contributed by atoms with Crippen LogP contribution in [-0.4, -0.2) is 7.11 Å². The van der Waals surface area contributed by atoms with Crippen molar-refractivity contribution in [2.75, 3.05) is 7.11 Å². The van der Waals surface area contributed by atoms with E-state index >= 15 is 0 Å². The summed E-state index contributed by atoms with van der Waals surface area (Å²) in [5, 5.41) is 0. The zero-order chi connectivity index (χ0) is 7.94. The molecular weight excluding hydrogens is 136 g/mol. The van der Waals surface area contributed by atoms with Gasteiger partial charge in [-0.2, -0.15) is 0 Å². The molecule has 0 heterocycles. The van der Waals surface area contributed by atoms with Gasteiger partial charge in [0.1, 0.15) is 0 Å². The molecule has 0 aromatic heterocycles. The molecule has 1 heteroatoms. The number of allylic oxidation sites excluding steroid dienone is 2. The van der Waals surface area contributed by atoms with Crippen molar-refractivity contribution in [1.29, 1.82) is 0 Å². The lowest BCUT2D eigenvalue weighted by Crippen LogP contribution is -1.86. The van der Waals surface area contributed by atoms with Crippen molar-refractivity contribution >= 4 is 0 Å². The topological polar surface area (TPSA) is 9.23 Å². The van der Waals surface area contributed by atoms with Crippen LogP contribution in [0.5, 0.6) is 0 Å². The Balaban J connectivity index is 2.34. The van der Waals surface area contributed by atoms with E-state index in [9.17, 15) is 0 Å². The Morgan fingerprint density at radius 1 is 1.09 bits per heavy atom. The molecule has 0 saturated heterocycles. The summed E-state index contributed by atoms with van der Waals surface area (Å²) in [6.07, 6.45) is 11.4. The van der Waals surface area contributed by atoms with E-state index in [0.717, 1.165) is 6.42 Å². The van der Waals surface area contributed by atoms with Gasteiger partial charge in [-0.05, 0) is 25.3 Å². The summed E-state index contributed by atoms with van der Waals surface area (Å²) >= 11 is 0. The SMILES string of the molecule is CO/C1=C/CCCCCCC1. The first kappa shape index (κ1) is 8.63. The third-order valence-corrected chi connectivity index (χ3v) is 2.26. The van der Waals surface area contributed by atoms with Gasteiger partial charge in [0, 0.05) is 6.42 Å². The number of rotatable bonds is 1. The third kappa shape index (κ3) is 3.45. The Morgan fingerprint density at radius 2 is 1.82 bits per heavy atom. The second kappa shape index (κ2) is 5.22. The zero-order valence-corrected chi connectivity index (χ0v) is 7.44. The molecular formula is C10H18O. The van der Waals surface area contributed by atoms with Gasteiger partial charge in [-0.3, -0.25) is 0 Å². The Kier molecular flexibility index (Phi) is 4.10. The minimum Gasteiger partial charge on any atom is -0.501 e. The predicted molar refractivity (Wildman–Crippen MR) is 47.4 cm³/mol. The van der Waals surface area contributed by atoms with Crippen molar-refractivity contribution < 1.29 is 4.74 Å². The summed E-state index contributed by atoms with van der Waals surface area (Å²) in [5.41, 5.74) is 0. The normalized spacial score (nSPS) is 25.7. The van der Waals surface area contributed by atoms with Gasteiger partial charge in [-0.1, -0.05) is 19.3 Å². The van der Waals surface area contributed by atoms with Crippen LogP contribution in [-0.2, 0) is 4.74 Å².